The molecule has 0 aliphatic carbocycles. The maximum Gasteiger partial charge on any atom is 0.237 e. The normalized spacial score (nSPS) is 17.0. The maximum absolute atomic E-state index is 12.1. The minimum atomic E-state index is -0.00470. The van der Waals surface area contributed by atoms with Crippen LogP contribution in [0.15, 0.2) is 24.3 Å². The fraction of sp³-hybridized carbons (Fsp3) is 0.591. The highest BCUT2D eigenvalue weighted by Gasteiger charge is 2.21. The quantitative estimate of drug-likeness (QED) is 0.552. The van der Waals surface area contributed by atoms with Gasteiger partial charge in [0.1, 0.15) is 0 Å². The van der Waals surface area contributed by atoms with Gasteiger partial charge in [0.2, 0.25) is 5.91 Å². The number of carbonyl (C=O) groups is 1. The van der Waals surface area contributed by atoms with E-state index in [1.807, 2.05) is 0 Å². The standard InChI is InChI=1S/C22H33N3O/c1-2-3-4-5-6-7-9-19-15-18-14-17(11-12-20(18)25-19)16-24-22(26)21-10-8-13-23-21/h11-12,14-15,21,23,25H,2-10,13,16H2,1H3,(H,24,26). The molecule has 3 rings (SSSR count). The van der Waals surface area contributed by atoms with E-state index in [9.17, 15) is 4.79 Å². The molecule has 0 saturated carbocycles. The van der Waals surface area contributed by atoms with Crippen LogP contribution in [0.2, 0.25) is 0 Å². The van der Waals surface area contributed by atoms with Gasteiger partial charge in [-0.1, -0.05) is 45.1 Å². The first-order valence-corrected chi connectivity index (χ1v) is 10.4. The van der Waals surface area contributed by atoms with Crippen LogP contribution in [0.1, 0.15) is 69.5 Å². The maximum atomic E-state index is 12.1. The molecule has 1 unspecified atom stereocenters. The predicted molar refractivity (Wildman–Crippen MR) is 108 cm³/mol. The highest BCUT2D eigenvalue weighted by atomic mass is 16.2. The van der Waals surface area contributed by atoms with Gasteiger partial charge < -0.3 is 15.6 Å². The molecule has 1 saturated heterocycles. The van der Waals surface area contributed by atoms with Crippen molar-refractivity contribution < 1.29 is 4.79 Å². The summed E-state index contributed by atoms with van der Waals surface area (Å²) in [5.41, 5.74) is 3.68. The first-order chi connectivity index (χ1) is 12.8. The number of hydrogen-bond donors (Lipinski definition) is 3. The van der Waals surface area contributed by atoms with E-state index in [-0.39, 0.29) is 11.9 Å². The molecule has 0 spiro atoms. The smallest absolute Gasteiger partial charge is 0.237 e. The summed E-state index contributed by atoms with van der Waals surface area (Å²) in [6.07, 6.45) is 11.1. The number of benzene rings is 1. The van der Waals surface area contributed by atoms with Crippen LogP contribution in [0.4, 0.5) is 0 Å². The van der Waals surface area contributed by atoms with Crippen molar-refractivity contribution in [2.45, 2.75) is 77.3 Å². The van der Waals surface area contributed by atoms with Crippen molar-refractivity contribution in [2.24, 2.45) is 0 Å². The molecule has 1 atom stereocenters. The molecule has 1 aliphatic heterocycles. The van der Waals surface area contributed by atoms with Crippen LogP contribution >= 0.6 is 0 Å². The SMILES string of the molecule is CCCCCCCCc1cc2cc(CNC(=O)C3CCCN3)ccc2[nH]1. The lowest BCUT2D eigenvalue weighted by molar-refractivity contribution is -0.122. The average molecular weight is 356 g/mol. The molecule has 1 aromatic carbocycles. The molecule has 0 bridgehead atoms. The first kappa shape index (κ1) is 19.0. The Morgan fingerprint density at radius 1 is 1.15 bits per heavy atom. The Bertz CT molecular complexity index is 700. The molecule has 1 aromatic heterocycles. The first-order valence-electron chi connectivity index (χ1n) is 10.4. The van der Waals surface area contributed by atoms with Crippen molar-refractivity contribution in [3.8, 4) is 0 Å². The lowest BCUT2D eigenvalue weighted by atomic mass is 10.1. The van der Waals surface area contributed by atoms with Crippen molar-refractivity contribution in [1.29, 1.82) is 0 Å². The Balaban J connectivity index is 1.48. The summed E-state index contributed by atoms with van der Waals surface area (Å²) >= 11 is 0. The Hall–Kier alpha value is -1.81. The summed E-state index contributed by atoms with van der Waals surface area (Å²) in [4.78, 5) is 15.7. The van der Waals surface area contributed by atoms with E-state index in [0.29, 0.717) is 6.54 Å². The monoisotopic (exact) mass is 355 g/mol. The Labute approximate surface area is 157 Å². The van der Waals surface area contributed by atoms with Gasteiger partial charge in [-0.2, -0.15) is 0 Å². The number of H-pyrrole nitrogens is 1. The lowest BCUT2D eigenvalue weighted by Crippen LogP contribution is -2.39. The summed E-state index contributed by atoms with van der Waals surface area (Å²) in [5, 5.41) is 7.55. The van der Waals surface area contributed by atoms with Gasteiger partial charge in [-0.15, -0.1) is 0 Å². The van der Waals surface area contributed by atoms with Gasteiger partial charge in [0.05, 0.1) is 6.04 Å². The van der Waals surface area contributed by atoms with Gasteiger partial charge in [0.25, 0.3) is 0 Å². The molecule has 4 heteroatoms. The summed E-state index contributed by atoms with van der Waals surface area (Å²) in [7, 11) is 0. The molecule has 2 heterocycles. The Morgan fingerprint density at radius 3 is 2.81 bits per heavy atom. The van der Waals surface area contributed by atoms with E-state index in [2.05, 4.69) is 46.8 Å². The molecule has 1 aliphatic rings. The minimum absolute atomic E-state index is 0.00470. The number of carbonyl (C=O) groups excluding carboxylic acids is 1. The lowest BCUT2D eigenvalue weighted by Gasteiger charge is -2.11. The molecule has 142 valence electrons. The van der Waals surface area contributed by atoms with Crippen LogP contribution in [0, 0.1) is 0 Å². The molecule has 3 N–H and O–H groups in total. The molecule has 26 heavy (non-hydrogen) atoms. The van der Waals surface area contributed by atoms with E-state index in [1.54, 1.807) is 0 Å². The highest BCUT2D eigenvalue weighted by Crippen LogP contribution is 2.19. The van der Waals surface area contributed by atoms with Crippen molar-refractivity contribution in [3.05, 3.63) is 35.5 Å². The van der Waals surface area contributed by atoms with Crippen molar-refractivity contribution >= 4 is 16.8 Å². The second-order valence-corrected chi connectivity index (χ2v) is 7.60. The number of amides is 1. The third-order valence-electron chi connectivity index (χ3n) is 5.38. The molecule has 4 nitrogen and oxygen atoms in total. The second-order valence-electron chi connectivity index (χ2n) is 7.60. The van der Waals surface area contributed by atoms with E-state index in [1.165, 1.54) is 55.1 Å². The Kier molecular flexibility index (Phi) is 7.13. The van der Waals surface area contributed by atoms with E-state index >= 15 is 0 Å². The van der Waals surface area contributed by atoms with Crippen LogP contribution in [-0.4, -0.2) is 23.5 Å². The fourth-order valence-corrected chi connectivity index (χ4v) is 3.80. The highest BCUT2D eigenvalue weighted by molar-refractivity contribution is 5.83. The van der Waals surface area contributed by atoms with Crippen molar-refractivity contribution in [1.82, 2.24) is 15.6 Å². The molecule has 0 radical (unpaired) electrons. The zero-order chi connectivity index (χ0) is 18.2. The topological polar surface area (TPSA) is 56.9 Å². The summed E-state index contributed by atoms with van der Waals surface area (Å²) in [6.45, 7) is 3.81. The van der Waals surface area contributed by atoms with Crippen molar-refractivity contribution in [2.75, 3.05) is 6.54 Å². The van der Waals surface area contributed by atoms with Crippen LogP contribution in [0.3, 0.4) is 0 Å². The van der Waals surface area contributed by atoms with E-state index < -0.39 is 0 Å². The van der Waals surface area contributed by atoms with Gasteiger partial charge >= 0.3 is 0 Å². The molecule has 1 amide bonds. The molecular weight excluding hydrogens is 322 g/mol. The predicted octanol–water partition coefficient (Wildman–Crippen LogP) is 4.44. The van der Waals surface area contributed by atoms with Crippen LogP contribution in [-0.2, 0) is 17.8 Å². The van der Waals surface area contributed by atoms with Crippen LogP contribution in [0.25, 0.3) is 10.9 Å². The summed E-state index contributed by atoms with van der Waals surface area (Å²) in [5.74, 6) is 0.125. The van der Waals surface area contributed by atoms with Gasteiger partial charge in [-0.25, -0.2) is 0 Å². The van der Waals surface area contributed by atoms with E-state index in [0.717, 1.165) is 31.4 Å². The average Bonchev–Trinajstić information content (AvgIpc) is 3.31. The van der Waals surface area contributed by atoms with Gasteiger partial charge in [0, 0.05) is 17.8 Å². The molecule has 2 aromatic rings. The number of unbranched alkanes of at least 4 members (excludes halogenated alkanes) is 5. The number of aromatic nitrogens is 1. The number of fused-ring (bicyclic) bond motifs is 1. The third kappa shape index (κ3) is 5.34. The second kappa shape index (κ2) is 9.77. The minimum Gasteiger partial charge on any atom is -0.358 e. The largest absolute Gasteiger partial charge is 0.358 e. The summed E-state index contributed by atoms with van der Waals surface area (Å²) in [6, 6.07) is 8.70. The van der Waals surface area contributed by atoms with Gasteiger partial charge in [-0.05, 0) is 61.4 Å². The van der Waals surface area contributed by atoms with E-state index in [4.69, 9.17) is 0 Å². The third-order valence-corrected chi connectivity index (χ3v) is 5.38. The number of hydrogen-bond acceptors (Lipinski definition) is 2. The number of nitrogens with one attached hydrogen (secondary N) is 3. The van der Waals surface area contributed by atoms with Gasteiger partial charge in [-0.3, -0.25) is 4.79 Å². The fourth-order valence-electron chi connectivity index (χ4n) is 3.80. The number of aryl methyl sites for hydroxylation is 1. The van der Waals surface area contributed by atoms with Crippen molar-refractivity contribution in [3.63, 3.8) is 0 Å². The summed E-state index contributed by atoms with van der Waals surface area (Å²) < 4.78 is 0. The number of aromatic amines is 1. The zero-order valence-electron chi connectivity index (χ0n) is 16.1. The zero-order valence-corrected chi connectivity index (χ0v) is 16.1. The Morgan fingerprint density at radius 2 is 2.00 bits per heavy atom. The van der Waals surface area contributed by atoms with Crippen LogP contribution in [0.5, 0.6) is 0 Å². The van der Waals surface area contributed by atoms with Crippen LogP contribution < -0.4 is 10.6 Å². The number of rotatable bonds is 10. The van der Waals surface area contributed by atoms with Gasteiger partial charge in [0.15, 0.2) is 0 Å². The molecule has 1 fully saturated rings. The molecular formula is C22H33N3O.